The first kappa shape index (κ1) is 16.2. The van der Waals surface area contributed by atoms with Crippen molar-refractivity contribution in [1.82, 2.24) is 20.1 Å². The van der Waals surface area contributed by atoms with Gasteiger partial charge in [-0.1, -0.05) is 19.8 Å². The van der Waals surface area contributed by atoms with E-state index in [2.05, 4.69) is 22.3 Å². The molecule has 0 saturated carbocycles. The second kappa shape index (κ2) is 7.74. The van der Waals surface area contributed by atoms with Gasteiger partial charge in [-0.15, -0.1) is 0 Å². The first-order chi connectivity index (χ1) is 10.7. The Labute approximate surface area is 129 Å². The maximum atomic E-state index is 12.3. The topological polar surface area (TPSA) is 95.1 Å². The number of rotatable bonds is 8. The van der Waals surface area contributed by atoms with Crippen molar-refractivity contribution in [3.8, 4) is 0 Å². The SMILES string of the molecule is CCCCCn1nc(C(=O)NCCOC)c2c(N)ccnc21. The molecule has 0 aromatic carbocycles. The first-order valence-corrected chi connectivity index (χ1v) is 7.57. The summed E-state index contributed by atoms with van der Waals surface area (Å²) in [5, 5.41) is 7.82. The lowest BCUT2D eigenvalue weighted by molar-refractivity contribution is 0.0933. The lowest BCUT2D eigenvalue weighted by Crippen LogP contribution is -2.27. The van der Waals surface area contributed by atoms with Gasteiger partial charge >= 0.3 is 0 Å². The lowest BCUT2D eigenvalue weighted by Gasteiger charge is -2.02. The molecule has 3 N–H and O–H groups in total. The van der Waals surface area contributed by atoms with E-state index >= 15 is 0 Å². The highest BCUT2D eigenvalue weighted by atomic mass is 16.5. The summed E-state index contributed by atoms with van der Waals surface area (Å²) >= 11 is 0. The number of nitrogens with one attached hydrogen (secondary N) is 1. The van der Waals surface area contributed by atoms with Gasteiger partial charge in [0, 0.05) is 32.1 Å². The predicted molar refractivity (Wildman–Crippen MR) is 85.7 cm³/mol. The lowest BCUT2D eigenvalue weighted by atomic mass is 10.2. The highest BCUT2D eigenvalue weighted by Crippen LogP contribution is 2.23. The van der Waals surface area contributed by atoms with Gasteiger partial charge in [-0.3, -0.25) is 4.79 Å². The number of hydrogen-bond donors (Lipinski definition) is 2. The summed E-state index contributed by atoms with van der Waals surface area (Å²) in [7, 11) is 1.59. The van der Waals surface area contributed by atoms with E-state index in [-0.39, 0.29) is 5.91 Å². The fourth-order valence-electron chi connectivity index (χ4n) is 2.30. The Kier molecular flexibility index (Phi) is 5.71. The van der Waals surface area contributed by atoms with Crippen LogP contribution in [-0.2, 0) is 11.3 Å². The van der Waals surface area contributed by atoms with Crippen LogP contribution in [0.2, 0.25) is 0 Å². The number of aryl methyl sites for hydroxylation is 1. The second-order valence-corrected chi connectivity index (χ2v) is 5.13. The zero-order valence-electron chi connectivity index (χ0n) is 13.1. The van der Waals surface area contributed by atoms with Crippen molar-refractivity contribution in [3.05, 3.63) is 18.0 Å². The zero-order chi connectivity index (χ0) is 15.9. The van der Waals surface area contributed by atoms with Crippen molar-refractivity contribution < 1.29 is 9.53 Å². The summed E-state index contributed by atoms with van der Waals surface area (Å²) in [6, 6.07) is 1.69. The average molecular weight is 305 g/mol. The third kappa shape index (κ3) is 3.54. The van der Waals surface area contributed by atoms with Crippen LogP contribution in [0, 0.1) is 0 Å². The molecule has 0 spiro atoms. The number of nitrogens with zero attached hydrogens (tertiary/aromatic N) is 3. The summed E-state index contributed by atoms with van der Waals surface area (Å²) < 4.78 is 6.70. The number of nitrogens with two attached hydrogens (primary N) is 1. The Morgan fingerprint density at radius 1 is 1.45 bits per heavy atom. The van der Waals surface area contributed by atoms with Gasteiger partial charge in [-0.2, -0.15) is 5.10 Å². The minimum Gasteiger partial charge on any atom is -0.398 e. The van der Waals surface area contributed by atoms with Gasteiger partial charge in [-0.25, -0.2) is 9.67 Å². The number of carbonyl (C=O) groups excluding carboxylic acids is 1. The fraction of sp³-hybridized carbons (Fsp3) is 0.533. The van der Waals surface area contributed by atoms with Crippen LogP contribution in [0.25, 0.3) is 11.0 Å². The number of anilines is 1. The van der Waals surface area contributed by atoms with E-state index in [1.165, 1.54) is 0 Å². The standard InChI is InChI=1S/C15H23N5O2/c1-3-4-5-9-20-14-12(11(16)6-7-17-14)13(19-20)15(21)18-8-10-22-2/h6-7H,3-5,8-10H2,1-2H3,(H2,16,17)(H,18,21). The van der Waals surface area contributed by atoms with Crippen molar-refractivity contribution in [3.63, 3.8) is 0 Å². The molecular formula is C15H23N5O2. The van der Waals surface area contributed by atoms with E-state index in [4.69, 9.17) is 10.5 Å². The maximum absolute atomic E-state index is 12.3. The van der Waals surface area contributed by atoms with Crippen LogP contribution in [0.5, 0.6) is 0 Å². The summed E-state index contributed by atoms with van der Waals surface area (Å²) in [5.41, 5.74) is 7.52. The number of unbranched alkanes of at least 4 members (excludes halogenated alkanes) is 2. The van der Waals surface area contributed by atoms with E-state index in [0.717, 1.165) is 25.8 Å². The highest BCUT2D eigenvalue weighted by Gasteiger charge is 2.19. The van der Waals surface area contributed by atoms with Crippen LogP contribution >= 0.6 is 0 Å². The van der Waals surface area contributed by atoms with Gasteiger partial charge in [0.2, 0.25) is 0 Å². The van der Waals surface area contributed by atoms with E-state index in [1.54, 1.807) is 24.1 Å². The second-order valence-electron chi connectivity index (χ2n) is 5.13. The van der Waals surface area contributed by atoms with Gasteiger partial charge in [0.1, 0.15) is 0 Å². The van der Waals surface area contributed by atoms with Crippen LogP contribution in [0.1, 0.15) is 36.7 Å². The molecule has 0 aliphatic heterocycles. The molecular weight excluding hydrogens is 282 g/mol. The van der Waals surface area contributed by atoms with Crippen LogP contribution in [0.3, 0.4) is 0 Å². The number of ether oxygens (including phenoxy) is 1. The molecule has 120 valence electrons. The van der Waals surface area contributed by atoms with Crippen molar-refractivity contribution in [2.45, 2.75) is 32.7 Å². The maximum Gasteiger partial charge on any atom is 0.272 e. The molecule has 1 amide bonds. The minimum absolute atomic E-state index is 0.254. The molecule has 0 aliphatic rings. The van der Waals surface area contributed by atoms with Gasteiger partial charge in [0.15, 0.2) is 11.3 Å². The van der Waals surface area contributed by atoms with E-state index in [1.807, 2.05) is 0 Å². The monoisotopic (exact) mass is 305 g/mol. The number of hydrogen-bond acceptors (Lipinski definition) is 5. The molecule has 7 heteroatoms. The Morgan fingerprint density at radius 3 is 3.00 bits per heavy atom. The Bertz CT molecular complexity index is 638. The zero-order valence-corrected chi connectivity index (χ0v) is 13.1. The van der Waals surface area contributed by atoms with Crippen molar-refractivity contribution in [1.29, 1.82) is 0 Å². The normalized spacial score (nSPS) is 11.0. The molecule has 2 aromatic rings. The van der Waals surface area contributed by atoms with Crippen molar-refractivity contribution >= 4 is 22.6 Å². The van der Waals surface area contributed by atoms with Crippen LogP contribution in [0.15, 0.2) is 12.3 Å². The molecule has 2 rings (SSSR count). The third-order valence-electron chi connectivity index (χ3n) is 3.45. The molecule has 2 heterocycles. The molecule has 2 aromatic heterocycles. The fourth-order valence-corrected chi connectivity index (χ4v) is 2.30. The molecule has 7 nitrogen and oxygen atoms in total. The molecule has 0 aliphatic carbocycles. The molecule has 0 radical (unpaired) electrons. The predicted octanol–water partition coefficient (Wildman–Crippen LogP) is 1.58. The van der Waals surface area contributed by atoms with Crippen LogP contribution in [0.4, 0.5) is 5.69 Å². The van der Waals surface area contributed by atoms with Crippen molar-refractivity contribution in [2.24, 2.45) is 0 Å². The summed E-state index contributed by atoms with van der Waals surface area (Å²) in [4.78, 5) is 16.6. The summed E-state index contributed by atoms with van der Waals surface area (Å²) in [6.45, 7) is 3.76. The molecule has 0 atom stereocenters. The smallest absolute Gasteiger partial charge is 0.272 e. The summed E-state index contributed by atoms with van der Waals surface area (Å²) in [6.07, 6.45) is 4.87. The van der Waals surface area contributed by atoms with Crippen molar-refractivity contribution in [2.75, 3.05) is 26.0 Å². The number of methoxy groups -OCH3 is 1. The first-order valence-electron chi connectivity index (χ1n) is 7.57. The molecule has 0 bridgehead atoms. The Hall–Kier alpha value is -2.15. The van der Waals surface area contributed by atoms with Gasteiger partial charge in [-0.05, 0) is 12.5 Å². The van der Waals surface area contributed by atoms with Gasteiger partial charge in [0.05, 0.1) is 12.0 Å². The van der Waals surface area contributed by atoms with E-state index in [0.29, 0.717) is 35.6 Å². The number of fused-ring (bicyclic) bond motifs is 1. The van der Waals surface area contributed by atoms with Crippen LogP contribution in [-0.4, -0.2) is 40.9 Å². The van der Waals surface area contributed by atoms with Gasteiger partial charge < -0.3 is 15.8 Å². The van der Waals surface area contributed by atoms with Crippen LogP contribution < -0.4 is 11.1 Å². The molecule has 0 fully saturated rings. The number of pyridine rings is 1. The minimum atomic E-state index is -0.254. The Balaban J connectivity index is 2.30. The number of carbonyl (C=O) groups is 1. The molecule has 0 unspecified atom stereocenters. The third-order valence-corrected chi connectivity index (χ3v) is 3.45. The largest absolute Gasteiger partial charge is 0.398 e. The number of amides is 1. The quantitative estimate of drug-likeness (QED) is 0.722. The van der Waals surface area contributed by atoms with E-state index in [9.17, 15) is 4.79 Å². The Morgan fingerprint density at radius 2 is 2.27 bits per heavy atom. The number of nitrogen functional groups attached to an aromatic ring is 1. The molecule has 0 saturated heterocycles. The highest BCUT2D eigenvalue weighted by molar-refractivity contribution is 6.08. The number of aromatic nitrogens is 3. The van der Waals surface area contributed by atoms with Gasteiger partial charge in [0.25, 0.3) is 5.91 Å². The average Bonchev–Trinajstić information content (AvgIpc) is 2.88. The molecule has 22 heavy (non-hydrogen) atoms. The van der Waals surface area contributed by atoms with E-state index < -0.39 is 0 Å². The summed E-state index contributed by atoms with van der Waals surface area (Å²) in [5.74, 6) is -0.254.